The van der Waals surface area contributed by atoms with E-state index in [1.807, 2.05) is 6.92 Å². The summed E-state index contributed by atoms with van der Waals surface area (Å²) in [6.45, 7) is 6.75. The van der Waals surface area contributed by atoms with Gasteiger partial charge in [-0.1, -0.05) is 11.6 Å². The average molecular weight is 297 g/mol. The van der Waals surface area contributed by atoms with Crippen LogP contribution in [0.15, 0.2) is 0 Å². The molecule has 1 saturated carbocycles. The lowest BCUT2D eigenvalue weighted by molar-refractivity contribution is 0.188. The molecule has 6 heteroatoms. The number of anilines is 1. The molecule has 110 valence electrons. The zero-order valence-corrected chi connectivity index (χ0v) is 12.6. The molecule has 0 aromatic carbocycles. The van der Waals surface area contributed by atoms with Gasteiger partial charge in [0.2, 0.25) is 0 Å². The summed E-state index contributed by atoms with van der Waals surface area (Å²) >= 11 is 6.27. The molecule has 0 atom stereocenters. The second kappa shape index (κ2) is 5.84. The Balaban J connectivity index is 1.76. The highest BCUT2D eigenvalue weighted by Gasteiger charge is 2.29. The van der Waals surface area contributed by atoms with E-state index in [1.54, 1.807) is 0 Å². The van der Waals surface area contributed by atoms with Gasteiger partial charge in [-0.2, -0.15) is 0 Å². The van der Waals surface area contributed by atoms with Crippen LogP contribution < -0.4 is 4.90 Å². The van der Waals surface area contributed by atoms with Gasteiger partial charge in [0, 0.05) is 44.2 Å². The standard InChI is InChI=1S/C14H21ClN4O/c1-10-12(15)16-13(11-2-3-11)17-14(10)19-6-4-18(5-7-19)8-9-20/h11,20H,2-9H2,1H3. The Morgan fingerprint density at radius 1 is 1.20 bits per heavy atom. The highest BCUT2D eigenvalue weighted by atomic mass is 35.5. The predicted octanol–water partition coefficient (Wildman–Crippen LogP) is 1.43. The van der Waals surface area contributed by atoms with Gasteiger partial charge in [-0.25, -0.2) is 9.97 Å². The molecule has 1 aromatic heterocycles. The van der Waals surface area contributed by atoms with Gasteiger partial charge in [-0.05, 0) is 19.8 Å². The summed E-state index contributed by atoms with van der Waals surface area (Å²) in [5, 5.41) is 9.59. The minimum Gasteiger partial charge on any atom is -0.395 e. The van der Waals surface area contributed by atoms with Crippen LogP contribution in [0.25, 0.3) is 0 Å². The second-order valence-electron chi connectivity index (χ2n) is 5.65. The van der Waals surface area contributed by atoms with Gasteiger partial charge >= 0.3 is 0 Å². The molecule has 1 N–H and O–H groups in total. The van der Waals surface area contributed by atoms with Gasteiger partial charge in [0.15, 0.2) is 0 Å². The van der Waals surface area contributed by atoms with Crippen LogP contribution in [-0.2, 0) is 0 Å². The van der Waals surface area contributed by atoms with Crippen LogP contribution in [0.5, 0.6) is 0 Å². The Morgan fingerprint density at radius 2 is 1.90 bits per heavy atom. The molecule has 2 aliphatic rings. The normalized spacial score (nSPS) is 20.4. The Bertz CT molecular complexity index is 484. The van der Waals surface area contributed by atoms with Crippen LogP contribution in [0.3, 0.4) is 0 Å². The van der Waals surface area contributed by atoms with Crippen LogP contribution >= 0.6 is 11.6 Å². The molecule has 20 heavy (non-hydrogen) atoms. The van der Waals surface area contributed by atoms with Crippen LogP contribution in [0.4, 0.5) is 5.82 Å². The van der Waals surface area contributed by atoms with Gasteiger partial charge in [0.25, 0.3) is 0 Å². The first-order valence-corrected chi connectivity index (χ1v) is 7.69. The fraction of sp³-hybridized carbons (Fsp3) is 0.714. The lowest BCUT2D eigenvalue weighted by Crippen LogP contribution is -2.47. The summed E-state index contributed by atoms with van der Waals surface area (Å²) in [5.74, 6) is 2.42. The number of aliphatic hydroxyl groups excluding tert-OH is 1. The zero-order valence-electron chi connectivity index (χ0n) is 11.8. The van der Waals surface area contributed by atoms with Crippen molar-refractivity contribution in [2.24, 2.45) is 0 Å². The van der Waals surface area contributed by atoms with Crippen molar-refractivity contribution in [1.82, 2.24) is 14.9 Å². The molecule has 0 radical (unpaired) electrons. The van der Waals surface area contributed by atoms with Crippen molar-refractivity contribution in [3.05, 3.63) is 16.5 Å². The van der Waals surface area contributed by atoms with Crippen LogP contribution in [0.1, 0.15) is 30.1 Å². The third kappa shape index (κ3) is 2.90. The number of halogens is 1. The third-order valence-corrected chi connectivity index (χ3v) is 4.48. The minimum atomic E-state index is 0.226. The molecule has 1 aromatic rings. The maximum absolute atomic E-state index is 8.99. The van der Waals surface area contributed by atoms with Crippen molar-refractivity contribution in [2.45, 2.75) is 25.7 Å². The van der Waals surface area contributed by atoms with E-state index in [4.69, 9.17) is 21.7 Å². The number of hydrogen-bond donors (Lipinski definition) is 1. The smallest absolute Gasteiger partial charge is 0.137 e. The molecule has 0 unspecified atom stereocenters. The number of β-amino-alcohol motifs (C(OH)–C–C–N with tert-alkyl or cyclic N) is 1. The first-order chi connectivity index (χ1) is 9.69. The SMILES string of the molecule is Cc1c(Cl)nc(C2CC2)nc1N1CCN(CCO)CC1. The topological polar surface area (TPSA) is 52.5 Å². The summed E-state index contributed by atoms with van der Waals surface area (Å²) in [6.07, 6.45) is 2.37. The molecular formula is C14H21ClN4O. The molecule has 2 fully saturated rings. The maximum Gasteiger partial charge on any atom is 0.137 e. The van der Waals surface area contributed by atoms with Crippen molar-refractivity contribution in [3.63, 3.8) is 0 Å². The molecule has 2 heterocycles. The number of hydrogen-bond acceptors (Lipinski definition) is 5. The molecule has 3 rings (SSSR count). The van der Waals surface area contributed by atoms with Crippen molar-refractivity contribution >= 4 is 17.4 Å². The Morgan fingerprint density at radius 3 is 2.50 bits per heavy atom. The molecule has 0 spiro atoms. The van der Waals surface area contributed by atoms with Gasteiger partial charge < -0.3 is 10.0 Å². The van der Waals surface area contributed by atoms with E-state index in [1.165, 1.54) is 12.8 Å². The van der Waals surface area contributed by atoms with Crippen molar-refractivity contribution in [1.29, 1.82) is 0 Å². The fourth-order valence-corrected chi connectivity index (χ4v) is 2.82. The van der Waals surface area contributed by atoms with E-state index >= 15 is 0 Å². The highest BCUT2D eigenvalue weighted by molar-refractivity contribution is 6.30. The Hall–Kier alpha value is -0.910. The second-order valence-corrected chi connectivity index (χ2v) is 6.01. The molecule has 0 bridgehead atoms. The van der Waals surface area contributed by atoms with Crippen LogP contribution in [-0.4, -0.2) is 59.3 Å². The first-order valence-electron chi connectivity index (χ1n) is 7.31. The summed E-state index contributed by atoms with van der Waals surface area (Å²) in [6, 6.07) is 0. The van der Waals surface area contributed by atoms with E-state index in [9.17, 15) is 0 Å². The Kier molecular flexibility index (Phi) is 4.10. The molecule has 1 aliphatic carbocycles. The number of aliphatic hydroxyl groups is 1. The summed E-state index contributed by atoms with van der Waals surface area (Å²) < 4.78 is 0. The highest BCUT2D eigenvalue weighted by Crippen LogP contribution is 2.40. The fourth-order valence-electron chi connectivity index (χ4n) is 2.65. The lowest BCUT2D eigenvalue weighted by atomic mass is 10.2. The van der Waals surface area contributed by atoms with Gasteiger partial charge in [-0.3, -0.25) is 4.90 Å². The number of piperazine rings is 1. The van der Waals surface area contributed by atoms with E-state index in [0.717, 1.165) is 49.9 Å². The van der Waals surface area contributed by atoms with Crippen LogP contribution in [0, 0.1) is 6.92 Å². The Labute approximate surface area is 124 Å². The quantitative estimate of drug-likeness (QED) is 0.852. The van der Waals surface area contributed by atoms with Gasteiger partial charge in [0.1, 0.15) is 16.8 Å². The number of nitrogens with zero attached hydrogens (tertiary/aromatic N) is 4. The predicted molar refractivity (Wildman–Crippen MR) is 79.5 cm³/mol. The van der Waals surface area contributed by atoms with Gasteiger partial charge in [0.05, 0.1) is 6.61 Å². The summed E-state index contributed by atoms with van der Waals surface area (Å²) in [7, 11) is 0. The van der Waals surface area contributed by atoms with Crippen LogP contribution in [0.2, 0.25) is 5.15 Å². The summed E-state index contributed by atoms with van der Waals surface area (Å²) in [5.41, 5.74) is 0.978. The van der Waals surface area contributed by atoms with Crippen molar-refractivity contribution < 1.29 is 5.11 Å². The van der Waals surface area contributed by atoms with E-state index in [0.29, 0.717) is 11.1 Å². The molecule has 1 aliphatic heterocycles. The molecular weight excluding hydrogens is 276 g/mol. The lowest BCUT2D eigenvalue weighted by Gasteiger charge is -2.35. The van der Waals surface area contributed by atoms with E-state index in [2.05, 4.69) is 14.8 Å². The maximum atomic E-state index is 8.99. The number of aromatic nitrogens is 2. The molecule has 5 nitrogen and oxygen atoms in total. The molecule has 0 amide bonds. The summed E-state index contributed by atoms with van der Waals surface area (Å²) in [4.78, 5) is 13.7. The van der Waals surface area contributed by atoms with Gasteiger partial charge in [-0.15, -0.1) is 0 Å². The van der Waals surface area contributed by atoms with E-state index in [-0.39, 0.29) is 6.61 Å². The zero-order chi connectivity index (χ0) is 14.1. The average Bonchev–Trinajstić information content (AvgIpc) is 3.28. The monoisotopic (exact) mass is 296 g/mol. The third-order valence-electron chi connectivity index (χ3n) is 4.11. The van der Waals surface area contributed by atoms with E-state index < -0.39 is 0 Å². The van der Waals surface area contributed by atoms with Crippen molar-refractivity contribution in [3.8, 4) is 0 Å². The van der Waals surface area contributed by atoms with Crippen molar-refractivity contribution in [2.75, 3.05) is 44.2 Å². The largest absolute Gasteiger partial charge is 0.395 e. The first kappa shape index (κ1) is 14.0. The minimum absolute atomic E-state index is 0.226. The number of rotatable bonds is 4. The molecule has 1 saturated heterocycles.